The third-order valence-corrected chi connectivity index (χ3v) is 6.76. The molecule has 2 aliphatic rings. The molecule has 1 heterocycles. The molecule has 2 amide bonds. The van der Waals surface area contributed by atoms with Gasteiger partial charge in [-0.15, -0.1) is 0 Å². The third kappa shape index (κ3) is 4.89. The van der Waals surface area contributed by atoms with Crippen molar-refractivity contribution >= 4 is 21.8 Å². The van der Waals surface area contributed by atoms with Crippen LogP contribution in [-0.2, 0) is 19.6 Å². The normalized spacial score (nSPS) is 19.2. The standard InChI is InChI=1S/C19H27N3O5S/c1-13(2)17(19(24)20-15-6-7-15)21-18(23)14-4-3-5-16(12-14)28(25,26)22-8-10-27-11-9-22/h3-5,12-13,15,17H,6-11H2,1-2H3,(H,20,24)(H,21,23). The van der Waals surface area contributed by atoms with Crippen LogP contribution in [0.5, 0.6) is 0 Å². The molecule has 2 N–H and O–H groups in total. The number of sulfonamides is 1. The molecule has 1 atom stereocenters. The van der Waals surface area contributed by atoms with Crippen LogP contribution in [0, 0.1) is 5.92 Å². The van der Waals surface area contributed by atoms with Gasteiger partial charge < -0.3 is 15.4 Å². The summed E-state index contributed by atoms with van der Waals surface area (Å²) in [6.45, 7) is 5.00. The van der Waals surface area contributed by atoms with Crippen LogP contribution in [0.3, 0.4) is 0 Å². The van der Waals surface area contributed by atoms with E-state index in [-0.39, 0.29) is 41.4 Å². The van der Waals surface area contributed by atoms with E-state index in [1.807, 2.05) is 13.8 Å². The van der Waals surface area contributed by atoms with Crippen molar-refractivity contribution in [2.75, 3.05) is 26.3 Å². The molecule has 9 heteroatoms. The first kappa shape index (κ1) is 20.8. The van der Waals surface area contributed by atoms with E-state index in [1.165, 1.54) is 22.5 Å². The Morgan fingerprint density at radius 1 is 1.18 bits per heavy atom. The van der Waals surface area contributed by atoms with E-state index in [2.05, 4.69) is 10.6 Å². The van der Waals surface area contributed by atoms with Gasteiger partial charge in [-0.25, -0.2) is 8.42 Å². The van der Waals surface area contributed by atoms with Gasteiger partial charge in [-0.3, -0.25) is 9.59 Å². The summed E-state index contributed by atoms with van der Waals surface area (Å²) in [5.74, 6) is -0.769. The van der Waals surface area contributed by atoms with Crippen LogP contribution in [0.4, 0.5) is 0 Å². The second-order valence-electron chi connectivity index (χ2n) is 7.52. The van der Waals surface area contributed by atoms with Crippen LogP contribution in [0.15, 0.2) is 29.2 Å². The topological polar surface area (TPSA) is 105 Å². The van der Waals surface area contributed by atoms with Gasteiger partial charge >= 0.3 is 0 Å². The zero-order valence-electron chi connectivity index (χ0n) is 16.2. The van der Waals surface area contributed by atoms with Gasteiger partial charge in [0.2, 0.25) is 15.9 Å². The van der Waals surface area contributed by atoms with Gasteiger partial charge in [0.05, 0.1) is 18.1 Å². The summed E-state index contributed by atoms with van der Waals surface area (Å²) < 4.78 is 32.2. The Hall–Kier alpha value is -1.97. The fourth-order valence-corrected chi connectivity index (χ4v) is 4.47. The number of nitrogens with one attached hydrogen (secondary N) is 2. The quantitative estimate of drug-likeness (QED) is 0.691. The van der Waals surface area contributed by atoms with Gasteiger partial charge in [-0.1, -0.05) is 19.9 Å². The number of hydrogen-bond donors (Lipinski definition) is 2. The summed E-state index contributed by atoms with van der Waals surface area (Å²) in [6, 6.07) is 5.44. The number of hydrogen-bond acceptors (Lipinski definition) is 5. The van der Waals surface area contributed by atoms with Crippen LogP contribution in [0.25, 0.3) is 0 Å². The molecule has 154 valence electrons. The summed E-state index contributed by atoms with van der Waals surface area (Å²) in [7, 11) is -3.69. The third-order valence-electron chi connectivity index (χ3n) is 4.86. The number of rotatable bonds is 7. The predicted octanol–water partition coefficient (Wildman–Crippen LogP) is 0.741. The molecule has 8 nitrogen and oxygen atoms in total. The Morgan fingerprint density at radius 3 is 2.46 bits per heavy atom. The first-order chi connectivity index (χ1) is 13.3. The van der Waals surface area contributed by atoms with Crippen molar-refractivity contribution in [3.8, 4) is 0 Å². The molecule has 1 aliphatic heterocycles. The highest BCUT2D eigenvalue weighted by molar-refractivity contribution is 7.89. The lowest BCUT2D eigenvalue weighted by atomic mass is 10.0. The van der Waals surface area contributed by atoms with Crippen molar-refractivity contribution in [2.45, 2.75) is 43.7 Å². The summed E-state index contributed by atoms with van der Waals surface area (Å²) in [6.07, 6.45) is 1.93. The number of amides is 2. The van der Waals surface area contributed by atoms with Gasteiger partial charge in [-0.2, -0.15) is 4.31 Å². The minimum Gasteiger partial charge on any atom is -0.379 e. The number of nitrogens with zero attached hydrogens (tertiary/aromatic N) is 1. The fourth-order valence-electron chi connectivity index (χ4n) is 3.01. The molecule has 0 radical (unpaired) electrons. The number of carbonyl (C=O) groups is 2. The maximum absolute atomic E-state index is 12.8. The Balaban J connectivity index is 1.74. The zero-order chi connectivity index (χ0) is 20.3. The van der Waals surface area contributed by atoms with Crippen molar-refractivity contribution in [2.24, 2.45) is 5.92 Å². The molecular formula is C19H27N3O5S. The summed E-state index contributed by atoms with van der Waals surface area (Å²) in [5, 5.41) is 5.65. The molecule has 0 spiro atoms. The number of morpholine rings is 1. The van der Waals surface area contributed by atoms with Crippen LogP contribution >= 0.6 is 0 Å². The number of benzene rings is 1. The highest BCUT2D eigenvalue weighted by Gasteiger charge is 2.31. The van der Waals surface area contributed by atoms with Crippen molar-refractivity contribution in [3.63, 3.8) is 0 Å². The van der Waals surface area contributed by atoms with Crippen molar-refractivity contribution < 1.29 is 22.7 Å². The molecule has 0 bridgehead atoms. The lowest BCUT2D eigenvalue weighted by Crippen LogP contribution is -2.50. The maximum atomic E-state index is 12.8. The van der Waals surface area contributed by atoms with Crippen LogP contribution < -0.4 is 10.6 Å². The van der Waals surface area contributed by atoms with E-state index >= 15 is 0 Å². The van der Waals surface area contributed by atoms with Crippen LogP contribution in [0.2, 0.25) is 0 Å². The van der Waals surface area contributed by atoms with Crippen LogP contribution in [-0.4, -0.2) is 62.9 Å². The van der Waals surface area contributed by atoms with Gasteiger partial charge in [0, 0.05) is 24.7 Å². The molecule has 3 rings (SSSR count). The molecule has 1 aromatic carbocycles. The van der Waals surface area contributed by atoms with E-state index in [0.717, 1.165) is 12.8 Å². The first-order valence-corrected chi connectivity index (χ1v) is 11.0. The fraction of sp³-hybridized carbons (Fsp3) is 0.579. The van der Waals surface area contributed by atoms with Crippen molar-refractivity contribution in [1.82, 2.24) is 14.9 Å². The maximum Gasteiger partial charge on any atom is 0.251 e. The molecule has 1 saturated carbocycles. The Bertz CT molecular complexity index is 830. The average molecular weight is 410 g/mol. The van der Waals surface area contributed by atoms with E-state index < -0.39 is 22.0 Å². The van der Waals surface area contributed by atoms with Crippen LogP contribution in [0.1, 0.15) is 37.0 Å². The monoisotopic (exact) mass is 409 g/mol. The molecule has 0 aromatic heterocycles. The van der Waals surface area contributed by atoms with Gasteiger partial charge in [0.1, 0.15) is 6.04 Å². The lowest BCUT2D eigenvalue weighted by Gasteiger charge is -2.26. The molecule has 2 fully saturated rings. The first-order valence-electron chi connectivity index (χ1n) is 9.58. The molecule has 1 unspecified atom stereocenters. The molecule has 28 heavy (non-hydrogen) atoms. The Morgan fingerprint density at radius 2 is 1.86 bits per heavy atom. The predicted molar refractivity (Wildman–Crippen MR) is 103 cm³/mol. The average Bonchev–Trinajstić information content (AvgIpc) is 3.50. The highest BCUT2D eigenvalue weighted by Crippen LogP contribution is 2.20. The van der Waals surface area contributed by atoms with Gasteiger partial charge in [0.15, 0.2) is 0 Å². The van der Waals surface area contributed by atoms with E-state index in [9.17, 15) is 18.0 Å². The van der Waals surface area contributed by atoms with E-state index in [0.29, 0.717) is 13.2 Å². The largest absolute Gasteiger partial charge is 0.379 e. The number of carbonyl (C=O) groups excluding carboxylic acids is 2. The summed E-state index contributed by atoms with van der Waals surface area (Å²) in [4.78, 5) is 25.2. The van der Waals surface area contributed by atoms with E-state index in [4.69, 9.17) is 4.74 Å². The van der Waals surface area contributed by atoms with E-state index in [1.54, 1.807) is 6.07 Å². The highest BCUT2D eigenvalue weighted by atomic mass is 32.2. The zero-order valence-corrected chi connectivity index (χ0v) is 17.0. The Kier molecular flexibility index (Phi) is 6.36. The second-order valence-corrected chi connectivity index (χ2v) is 9.46. The molecule has 1 aromatic rings. The Labute approximate surface area is 165 Å². The van der Waals surface area contributed by atoms with Crippen molar-refractivity contribution in [1.29, 1.82) is 0 Å². The SMILES string of the molecule is CC(C)C(NC(=O)c1cccc(S(=O)(=O)N2CCOCC2)c1)C(=O)NC1CC1. The number of ether oxygens (including phenoxy) is 1. The summed E-state index contributed by atoms with van der Waals surface area (Å²) >= 11 is 0. The minimum atomic E-state index is -3.69. The molecule has 1 aliphatic carbocycles. The van der Waals surface area contributed by atoms with Gasteiger partial charge in [0.25, 0.3) is 5.91 Å². The van der Waals surface area contributed by atoms with Gasteiger partial charge in [-0.05, 0) is 37.0 Å². The molecule has 1 saturated heterocycles. The lowest BCUT2D eigenvalue weighted by molar-refractivity contribution is -0.124. The van der Waals surface area contributed by atoms with Crippen molar-refractivity contribution in [3.05, 3.63) is 29.8 Å². The summed E-state index contributed by atoms with van der Waals surface area (Å²) in [5.41, 5.74) is 0.208. The smallest absolute Gasteiger partial charge is 0.251 e. The minimum absolute atomic E-state index is 0.0607. The molecular weight excluding hydrogens is 382 g/mol. The second kappa shape index (κ2) is 8.59.